The van der Waals surface area contributed by atoms with Crippen molar-refractivity contribution in [2.75, 3.05) is 51.8 Å². The number of quaternary nitrogens is 1. The molecule has 1 amide bonds. The van der Waals surface area contributed by atoms with E-state index >= 15 is 17.6 Å². The van der Waals surface area contributed by atoms with Crippen molar-refractivity contribution in [3.63, 3.8) is 0 Å². The molecular weight excluding hydrogens is 831 g/mol. The summed E-state index contributed by atoms with van der Waals surface area (Å²) in [7, 11) is -0.420. The van der Waals surface area contributed by atoms with E-state index in [0.29, 0.717) is 53.5 Å². The van der Waals surface area contributed by atoms with Gasteiger partial charge in [-0.05, 0) is 32.1 Å². The van der Waals surface area contributed by atoms with Crippen LogP contribution in [0.1, 0.15) is 91.5 Å². The first-order chi connectivity index (χ1) is 27.6. The van der Waals surface area contributed by atoms with Crippen LogP contribution in [0, 0.1) is 29.8 Å². The summed E-state index contributed by atoms with van der Waals surface area (Å²) >= 11 is 1.65. The second kappa shape index (κ2) is 22.1. The van der Waals surface area contributed by atoms with Crippen molar-refractivity contribution < 1.29 is 54.1 Å². The Morgan fingerprint density at radius 2 is 1.37 bits per heavy atom. The predicted molar refractivity (Wildman–Crippen MR) is 224 cm³/mol. The van der Waals surface area contributed by atoms with Gasteiger partial charge >= 0.3 is 0 Å². The van der Waals surface area contributed by atoms with Crippen LogP contribution in [-0.4, -0.2) is 95.7 Å². The van der Waals surface area contributed by atoms with Gasteiger partial charge in [0, 0.05) is 62.1 Å². The second-order valence-corrected chi connectivity index (χ2v) is 19.8. The monoisotopic (exact) mass is 882 g/mol. The molecule has 0 aliphatic rings. The molecule has 0 spiro atoms. The fraction of sp³-hybridized carbons (Fsp3) is 0.476. The minimum Gasteiger partial charge on any atom is -0.487 e. The van der Waals surface area contributed by atoms with Crippen LogP contribution in [0.5, 0.6) is 5.75 Å². The number of carbonyl (C=O) groups excluding carboxylic acids is 3. The molecule has 2 atom stereocenters. The van der Waals surface area contributed by atoms with Crippen molar-refractivity contribution in [2.24, 2.45) is 0 Å². The lowest BCUT2D eigenvalue weighted by atomic mass is 9.79. The first-order valence-corrected chi connectivity index (χ1v) is 22.4. The van der Waals surface area contributed by atoms with E-state index in [-0.39, 0.29) is 43.1 Å². The van der Waals surface area contributed by atoms with Gasteiger partial charge in [-0.1, -0.05) is 84.2 Å². The highest BCUT2D eigenvalue weighted by Crippen LogP contribution is 2.45. The number of rotatable bonds is 23. The van der Waals surface area contributed by atoms with E-state index < -0.39 is 84.1 Å². The Labute approximate surface area is 353 Å². The van der Waals surface area contributed by atoms with Crippen LogP contribution in [-0.2, 0) is 14.9 Å². The van der Waals surface area contributed by atoms with Crippen LogP contribution in [0.4, 0.5) is 17.6 Å². The maximum absolute atomic E-state index is 16.1. The molecule has 0 saturated carbocycles. The maximum atomic E-state index is 16.1. The molecule has 0 fully saturated rings. The number of amides is 1. The van der Waals surface area contributed by atoms with Crippen molar-refractivity contribution >= 4 is 49.8 Å². The molecule has 2 N–H and O–H groups in total. The average Bonchev–Trinajstić information content (AvgIpc) is 3.17. The third kappa shape index (κ3) is 15.5. The Hall–Kier alpha value is -3.95. The Balaban J connectivity index is 1.86. The SMILES string of the molecule is [C-]#[N+]C(C)(C)CC(CC(C)(SC(=O)c1ccccc1)C(=O)NCCC[N+](C)(C)CCCS(=O)(=O)O)c1c(F)c(F)c(OCCCCSC(=O)c2ccccc2)c(F)c1F. The van der Waals surface area contributed by atoms with E-state index in [4.69, 9.17) is 15.9 Å². The number of hydrogen-bond acceptors (Lipinski definition) is 8. The summed E-state index contributed by atoms with van der Waals surface area (Å²) in [5.74, 6) is -10.5. The van der Waals surface area contributed by atoms with Crippen molar-refractivity contribution in [1.29, 1.82) is 0 Å². The highest BCUT2D eigenvalue weighted by molar-refractivity contribution is 8.15. The summed E-state index contributed by atoms with van der Waals surface area (Å²) < 4.78 is 98.8. The maximum Gasteiger partial charge on any atom is 0.265 e. The van der Waals surface area contributed by atoms with Crippen LogP contribution in [0.2, 0.25) is 0 Å². The molecule has 0 radical (unpaired) electrons. The minimum atomic E-state index is -4.12. The van der Waals surface area contributed by atoms with Gasteiger partial charge < -0.3 is 19.4 Å². The third-order valence-corrected chi connectivity index (χ3v) is 12.6. The number of ether oxygens (including phenoxy) is 1. The normalized spacial score (nSPS) is 13.6. The van der Waals surface area contributed by atoms with Gasteiger partial charge in [0.15, 0.2) is 17.4 Å². The van der Waals surface area contributed by atoms with E-state index in [0.717, 1.165) is 11.8 Å². The molecule has 3 rings (SSSR count). The smallest absolute Gasteiger partial charge is 0.265 e. The van der Waals surface area contributed by atoms with Gasteiger partial charge in [0.1, 0.15) is 0 Å². The molecule has 3 aromatic carbocycles. The summed E-state index contributed by atoms with van der Waals surface area (Å²) in [6.07, 6.45) is 0.363. The largest absolute Gasteiger partial charge is 0.487 e. The van der Waals surface area contributed by atoms with Gasteiger partial charge in [0.25, 0.3) is 10.1 Å². The summed E-state index contributed by atoms with van der Waals surface area (Å²) in [4.78, 5) is 43.5. The predicted octanol–water partition coefficient (Wildman–Crippen LogP) is 8.73. The minimum absolute atomic E-state index is 0.0900. The van der Waals surface area contributed by atoms with Gasteiger partial charge in [0.2, 0.25) is 33.3 Å². The van der Waals surface area contributed by atoms with E-state index in [1.807, 2.05) is 14.1 Å². The van der Waals surface area contributed by atoms with Crippen molar-refractivity contribution in [3.05, 3.63) is 112 Å². The zero-order chi connectivity index (χ0) is 44.0. The third-order valence-electron chi connectivity index (χ3n) is 9.58. The lowest BCUT2D eigenvalue weighted by Gasteiger charge is -2.33. The molecule has 0 aliphatic heterocycles. The Morgan fingerprint density at radius 3 is 1.92 bits per heavy atom. The fourth-order valence-corrected chi connectivity index (χ4v) is 8.85. The molecule has 0 aliphatic carbocycles. The number of thioether (sulfide) groups is 2. The molecule has 10 nitrogen and oxygen atoms in total. The topological polar surface area (TPSA) is 131 Å². The van der Waals surface area contributed by atoms with E-state index in [1.165, 1.54) is 32.9 Å². The van der Waals surface area contributed by atoms with Crippen LogP contribution < -0.4 is 10.1 Å². The lowest BCUT2D eigenvalue weighted by molar-refractivity contribution is -0.890. The van der Waals surface area contributed by atoms with Crippen LogP contribution >= 0.6 is 23.5 Å². The van der Waals surface area contributed by atoms with Gasteiger partial charge in [-0.15, -0.1) is 0 Å². The first kappa shape index (κ1) is 49.4. The Kier molecular flexibility index (Phi) is 18.5. The molecule has 0 bridgehead atoms. The van der Waals surface area contributed by atoms with Gasteiger partial charge in [-0.25, -0.2) is 15.4 Å². The van der Waals surface area contributed by atoms with E-state index in [9.17, 15) is 22.8 Å². The number of benzene rings is 3. The second-order valence-electron chi connectivity index (χ2n) is 15.7. The number of hydrogen-bond donors (Lipinski definition) is 2. The van der Waals surface area contributed by atoms with E-state index in [2.05, 4.69) is 10.2 Å². The van der Waals surface area contributed by atoms with Gasteiger partial charge in [-0.2, -0.15) is 17.2 Å². The standard InChI is InChI=1S/C42H51F4N3O7S3/c1-41(2,47-4)27-31(32-33(43)35(45)37(36(46)34(32)44)56-24-13-14-25-57-38(50)29-17-9-7-10-18-29)28-42(3,58-39(51)30-19-11-8-12-20-30)40(52)48-21-15-22-49(5,6)23-16-26-59(53,54)55/h7-12,17-20,31H,13-16,21-28H2,1-3,5-6H3,(H-,48,52,53,54,55)/p+1. The van der Waals surface area contributed by atoms with Crippen LogP contribution in [0.3, 0.4) is 0 Å². The summed E-state index contributed by atoms with van der Waals surface area (Å²) in [6.45, 7) is 12.8. The molecule has 0 heterocycles. The summed E-state index contributed by atoms with van der Waals surface area (Å²) in [6, 6.07) is 16.6. The molecule has 2 unspecified atom stereocenters. The number of nitrogens with zero attached hydrogens (tertiary/aromatic N) is 2. The van der Waals surface area contributed by atoms with Crippen LogP contribution in [0.25, 0.3) is 4.85 Å². The Bertz CT molecular complexity index is 2040. The highest BCUT2D eigenvalue weighted by atomic mass is 32.2. The van der Waals surface area contributed by atoms with Gasteiger partial charge in [-0.3, -0.25) is 18.9 Å². The van der Waals surface area contributed by atoms with Crippen molar-refractivity contribution in [2.45, 2.75) is 75.5 Å². The molecular formula is C42H52F4N3O7S3+. The number of carbonyl (C=O) groups is 3. The fourth-order valence-electron chi connectivity index (χ4n) is 6.41. The van der Waals surface area contributed by atoms with Crippen LogP contribution in [0.15, 0.2) is 60.7 Å². The number of unbranched alkanes of at least 4 members (excludes halogenated alkanes) is 1. The Morgan fingerprint density at radius 1 is 0.831 bits per heavy atom. The number of nitrogens with one attached hydrogen (secondary N) is 1. The molecule has 0 aromatic heterocycles. The zero-order valence-electron chi connectivity index (χ0n) is 33.9. The molecule has 0 saturated heterocycles. The van der Waals surface area contributed by atoms with E-state index in [1.54, 1.807) is 48.5 Å². The average molecular weight is 883 g/mol. The first-order valence-electron chi connectivity index (χ1n) is 19.0. The molecule has 59 heavy (non-hydrogen) atoms. The zero-order valence-corrected chi connectivity index (χ0v) is 36.3. The number of halogens is 4. The van der Waals surface area contributed by atoms with Crippen molar-refractivity contribution in [3.8, 4) is 5.75 Å². The van der Waals surface area contributed by atoms with Gasteiger partial charge in [0.05, 0.1) is 44.3 Å². The lowest BCUT2D eigenvalue weighted by Crippen LogP contribution is -2.46. The molecule has 3 aromatic rings. The quantitative estimate of drug-likeness (QED) is 0.0240. The molecule has 322 valence electrons. The molecule has 17 heteroatoms. The van der Waals surface area contributed by atoms with Crippen molar-refractivity contribution in [1.82, 2.24) is 5.32 Å². The summed E-state index contributed by atoms with van der Waals surface area (Å²) in [5, 5.41) is 2.09. The highest BCUT2D eigenvalue weighted by Gasteiger charge is 2.44. The summed E-state index contributed by atoms with van der Waals surface area (Å²) in [5.41, 5.74) is -1.59.